The monoisotopic (exact) mass is 258 g/mol. The van der Waals surface area contributed by atoms with Crippen molar-refractivity contribution in [1.82, 2.24) is 9.78 Å². The van der Waals surface area contributed by atoms with Crippen LogP contribution in [0.4, 0.5) is 11.4 Å². The molecule has 1 amide bonds. The molecule has 0 fully saturated rings. The number of aromatic nitrogens is 2. The molecule has 19 heavy (non-hydrogen) atoms. The van der Waals surface area contributed by atoms with E-state index in [9.17, 15) is 4.79 Å². The first-order valence-electron chi connectivity index (χ1n) is 6.07. The predicted molar refractivity (Wildman–Crippen MR) is 76.2 cm³/mol. The van der Waals surface area contributed by atoms with Crippen LogP contribution in [0.1, 0.15) is 27.3 Å². The minimum absolute atomic E-state index is 0.172. The molecule has 100 valence electrons. The molecule has 0 saturated carbocycles. The zero-order valence-electron chi connectivity index (χ0n) is 11.6. The first-order chi connectivity index (χ1) is 8.88. The Labute approximate surface area is 112 Å². The Morgan fingerprint density at radius 2 is 1.95 bits per heavy atom. The van der Waals surface area contributed by atoms with Crippen molar-refractivity contribution in [2.75, 3.05) is 11.1 Å². The SMILES string of the molecule is Cc1cc(N)cc(C(=O)Nc2c(C)nn(C)c2C)c1. The third-order valence-electron chi connectivity index (χ3n) is 3.11. The number of nitrogen functional groups attached to an aromatic ring is 1. The second-order valence-electron chi connectivity index (χ2n) is 4.76. The summed E-state index contributed by atoms with van der Waals surface area (Å²) in [6.07, 6.45) is 0. The molecular formula is C14H18N4O. The molecule has 0 spiro atoms. The van der Waals surface area contributed by atoms with Gasteiger partial charge >= 0.3 is 0 Å². The molecule has 0 saturated heterocycles. The number of amides is 1. The molecule has 0 aliphatic rings. The summed E-state index contributed by atoms with van der Waals surface area (Å²) in [6.45, 7) is 5.70. The molecule has 0 bridgehead atoms. The van der Waals surface area contributed by atoms with Crippen molar-refractivity contribution in [3.05, 3.63) is 40.7 Å². The molecule has 0 atom stereocenters. The summed E-state index contributed by atoms with van der Waals surface area (Å²) >= 11 is 0. The number of rotatable bonds is 2. The van der Waals surface area contributed by atoms with E-state index in [1.165, 1.54) is 0 Å². The van der Waals surface area contributed by atoms with Crippen molar-refractivity contribution >= 4 is 17.3 Å². The highest BCUT2D eigenvalue weighted by atomic mass is 16.1. The summed E-state index contributed by atoms with van der Waals surface area (Å²) in [5, 5.41) is 7.16. The molecule has 0 unspecified atom stereocenters. The molecule has 3 N–H and O–H groups in total. The van der Waals surface area contributed by atoms with Crippen LogP contribution >= 0.6 is 0 Å². The van der Waals surface area contributed by atoms with E-state index < -0.39 is 0 Å². The van der Waals surface area contributed by atoms with Crippen molar-refractivity contribution in [3.63, 3.8) is 0 Å². The predicted octanol–water partition coefficient (Wildman–Crippen LogP) is 2.18. The maximum Gasteiger partial charge on any atom is 0.255 e. The molecule has 2 aromatic rings. The zero-order valence-corrected chi connectivity index (χ0v) is 11.6. The topological polar surface area (TPSA) is 72.9 Å². The van der Waals surface area contributed by atoms with Crippen LogP contribution in [0, 0.1) is 20.8 Å². The van der Waals surface area contributed by atoms with Crippen LogP contribution < -0.4 is 11.1 Å². The molecule has 5 nitrogen and oxygen atoms in total. The standard InChI is InChI=1S/C14H18N4O/c1-8-5-11(7-12(15)6-8)14(19)16-13-9(2)17-18(4)10(13)3/h5-7H,15H2,1-4H3,(H,16,19). The van der Waals surface area contributed by atoms with Gasteiger partial charge in [0.15, 0.2) is 0 Å². The van der Waals surface area contributed by atoms with E-state index >= 15 is 0 Å². The molecule has 5 heteroatoms. The van der Waals surface area contributed by atoms with Gasteiger partial charge in [0.1, 0.15) is 0 Å². The summed E-state index contributed by atoms with van der Waals surface area (Å²) in [5.74, 6) is -0.172. The van der Waals surface area contributed by atoms with Crippen molar-refractivity contribution in [1.29, 1.82) is 0 Å². The Morgan fingerprint density at radius 3 is 2.47 bits per heavy atom. The molecule has 1 aromatic heterocycles. The van der Waals surface area contributed by atoms with Crippen LogP contribution in [0.5, 0.6) is 0 Å². The maximum absolute atomic E-state index is 12.2. The molecular weight excluding hydrogens is 240 g/mol. The number of benzene rings is 1. The molecule has 0 aliphatic carbocycles. The Bertz CT molecular complexity index is 623. The summed E-state index contributed by atoms with van der Waals surface area (Å²) in [6, 6.07) is 5.31. The van der Waals surface area contributed by atoms with Crippen molar-refractivity contribution < 1.29 is 4.79 Å². The van der Waals surface area contributed by atoms with Crippen molar-refractivity contribution in [3.8, 4) is 0 Å². The summed E-state index contributed by atoms with van der Waals surface area (Å²) in [7, 11) is 1.85. The number of aryl methyl sites for hydroxylation is 3. The van der Waals surface area contributed by atoms with E-state index in [0.29, 0.717) is 11.3 Å². The van der Waals surface area contributed by atoms with E-state index in [2.05, 4.69) is 10.4 Å². The summed E-state index contributed by atoms with van der Waals surface area (Å²) < 4.78 is 1.75. The van der Waals surface area contributed by atoms with Gasteiger partial charge in [0.2, 0.25) is 0 Å². The number of carbonyl (C=O) groups is 1. The van der Waals surface area contributed by atoms with Gasteiger partial charge in [-0.15, -0.1) is 0 Å². The van der Waals surface area contributed by atoms with Gasteiger partial charge in [0.25, 0.3) is 5.91 Å². The van der Waals surface area contributed by atoms with E-state index in [1.54, 1.807) is 10.7 Å². The number of hydrogen-bond acceptors (Lipinski definition) is 3. The van der Waals surface area contributed by atoms with Gasteiger partial charge in [-0.3, -0.25) is 9.48 Å². The fourth-order valence-corrected chi connectivity index (χ4v) is 2.08. The van der Waals surface area contributed by atoms with Gasteiger partial charge in [0.05, 0.1) is 17.1 Å². The van der Waals surface area contributed by atoms with Gasteiger partial charge in [-0.2, -0.15) is 5.10 Å². The minimum Gasteiger partial charge on any atom is -0.399 e. The molecule has 0 aliphatic heterocycles. The van der Waals surface area contributed by atoms with Crippen LogP contribution in [0.2, 0.25) is 0 Å². The number of nitrogens with one attached hydrogen (secondary N) is 1. The Kier molecular flexibility index (Phi) is 3.29. The summed E-state index contributed by atoms with van der Waals surface area (Å²) in [4.78, 5) is 12.2. The van der Waals surface area contributed by atoms with Gasteiger partial charge in [-0.25, -0.2) is 0 Å². The second-order valence-corrected chi connectivity index (χ2v) is 4.76. The minimum atomic E-state index is -0.172. The highest BCUT2D eigenvalue weighted by Gasteiger charge is 2.14. The molecule has 1 aromatic carbocycles. The van der Waals surface area contributed by atoms with Crippen LogP contribution in [-0.4, -0.2) is 15.7 Å². The lowest BCUT2D eigenvalue weighted by atomic mass is 10.1. The van der Waals surface area contributed by atoms with Gasteiger partial charge < -0.3 is 11.1 Å². The third-order valence-corrected chi connectivity index (χ3v) is 3.11. The van der Waals surface area contributed by atoms with Crippen LogP contribution in [-0.2, 0) is 7.05 Å². The fraction of sp³-hybridized carbons (Fsp3) is 0.286. The lowest BCUT2D eigenvalue weighted by Gasteiger charge is -2.07. The Morgan fingerprint density at radius 1 is 1.26 bits per heavy atom. The Hall–Kier alpha value is -2.30. The first-order valence-corrected chi connectivity index (χ1v) is 6.07. The van der Waals surface area contributed by atoms with E-state index in [0.717, 1.165) is 22.6 Å². The molecule has 0 radical (unpaired) electrons. The average Bonchev–Trinajstić information content (AvgIpc) is 2.54. The van der Waals surface area contributed by atoms with Gasteiger partial charge in [0, 0.05) is 18.3 Å². The number of anilines is 2. The highest BCUT2D eigenvalue weighted by molar-refractivity contribution is 6.05. The Balaban J connectivity index is 2.30. The third kappa shape index (κ3) is 2.59. The summed E-state index contributed by atoms with van der Waals surface area (Å²) in [5.41, 5.74) is 10.3. The van der Waals surface area contributed by atoms with Crippen LogP contribution in [0.3, 0.4) is 0 Å². The normalized spacial score (nSPS) is 10.5. The lowest BCUT2D eigenvalue weighted by Crippen LogP contribution is -2.13. The van der Waals surface area contributed by atoms with Crippen LogP contribution in [0.25, 0.3) is 0 Å². The second kappa shape index (κ2) is 4.76. The van der Waals surface area contributed by atoms with E-state index in [-0.39, 0.29) is 5.91 Å². The van der Waals surface area contributed by atoms with Gasteiger partial charge in [-0.1, -0.05) is 0 Å². The highest BCUT2D eigenvalue weighted by Crippen LogP contribution is 2.20. The zero-order chi connectivity index (χ0) is 14.2. The number of carbonyl (C=O) groups excluding carboxylic acids is 1. The maximum atomic E-state index is 12.2. The number of hydrogen-bond donors (Lipinski definition) is 2. The number of nitrogens with two attached hydrogens (primary N) is 1. The molecule has 1 heterocycles. The largest absolute Gasteiger partial charge is 0.399 e. The van der Waals surface area contributed by atoms with Gasteiger partial charge in [-0.05, 0) is 44.5 Å². The average molecular weight is 258 g/mol. The smallest absolute Gasteiger partial charge is 0.255 e. The van der Waals surface area contributed by atoms with Crippen molar-refractivity contribution in [2.24, 2.45) is 7.05 Å². The number of nitrogens with zero attached hydrogens (tertiary/aromatic N) is 2. The first kappa shape index (κ1) is 13.1. The van der Waals surface area contributed by atoms with Crippen LogP contribution in [0.15, 0.2) is 18.2 Å². The fourth-order valence-electron chi connectivity index (χ4n) is 2.08. The van der Waals surface area contributed by atoms with Crippen molar-refractivity contribution in [2.45, 2.75) is 20.8 Å². The lowest BCUT2D eigenvalue weighted by molar-refractivity contribution is 0.102. The van der Waals surface area contributed by atoms with E-state index in [4.69, 9.17) is 5.73 Å². The molecule has 2 rings (SSSR count). The van der Waals surface area contributed by atoms with E-state index in [1.807, 2.05) is 40.0 Å². The quantitative estimate of drug-likeness (QED) is 0.811.